The maximum absolute atomic E-state index is 12.7. The molecule has 2 heterocycles. The van der Waals surface area contributed by atoms with Crippen molar-refractivity contribution in [3.8, 4) is 5.69 Å². The van der Waals surface area contributed by atoms with Crippen LogP contribution in [0, 0.1) is 0 Å². The molecule has 0 atom stereocenters. The van der Waals surface area contributed by atoms with E-state index >= 15 is 0 Å². The number of carbonyl (C=O) groups is 2. The molecule has 0 bridgehead atoms. The molecule has 4 aromatic rings. The smallest absolute Gasteiger partial charge is 0.265 e. The van der Waals surface area contributed by atoms with Gasteiger partial charge in [0.15, 0.2) is 0 Å². The van der Waals surface area contributed by atoms with Gasteiger partial charge in [-0.25, -0.2) is 4.68 Å². The summed E-state index contributed by atoms with van der Waals surface area (Å²) in [5.74, 6) is -0.629. The molecule has 0 aliphatic heterocycles. The van der Waals surface area contributed by atoms with E-state index in [0.29, 0.717) is 32.5 Å². The number of nitrogens with zero attached hydrogens (tertiary/aromatic N) is 4. The molecule has 2 N–H and O–H groups in total. The van der Waals surface area contributed by atoms with Crippen molar-refractivity contribution in [2.24, 2.45) is 0 Å². The Morgan fingerprint density at radius 2 is 1.90 bits per heavy atom. The SMILES string of the molecule is O=C(Nc1cccc(-n2cnnn2)c1)c1ccc(Cl)c(NC(=O)c2cccs2)c1. The zero-order chi connectivity index (χ0) is 20.2. The van der Waals surface area contributed by atoms with Crippen LogP contribution >= 0.6 is 22.9 Å². The average molecular weight is 425 g/mol. The number of rotatable bonds is 5. The lowest BCUT2D eigenvalue weighted by Crippen LogP contribution is -2.14. The Morgan fingerprint density at radius 3 is 2.66 bits per heavy atom. The molecule has 2 amide bonds. The summed E-state index contributed by atoms with van der Waals surface area (Å²) in [6.45, 7) is 0. The number of thiophene rings is 1. The van der Waals surface area contributed by atoms with E-state index in [-0.39, 0.29) is 11.8 Å². The quantitative estimate of drug-likeness (QED) is 0.506. The van der Waals surface area contributed by atoms with Crippen LogP contribution in [0.4, 0.5) is 11.4 Å². The fourth-order valence-corrected chi connectivity index (χ4v) is 3.35. The van der Waals surface area contributed by atoms with Crippen molar-refractivity contribution >= 4 is 46.1 Å². The number of benzene rings is 2. The van der Waals surface area contributed by atoms with E-state index in [1.165, 1.54) is 28.4 Å². The molecule has 0 spiro atoms. The van der Waals surface area contributed by atoms with Crippen LogP contribution in [-0.2, 0) is 0 Å². The van der Waals surface area contributed by atoms with E-state index in [2.05, 4.69) is 26.2 Å². The van der Waals surface area contributed by atoms with Crippen molar-refractivity contribution in [2.45, 2.75) is 0 Å². The Kier molecular flexibility index (Phi) is 5.32. The summed E-state index contributed by atoms with van der Waals surface area (Å²) in [6, 6.07) is 15.3. The van der Waals surface area contributed by atoms with Crippen molar-refractivity contribution in [3.63, 3.8) is 0 Å². The number of carbonyl (C=O) groups excluding carboxylic acids is 2. The highest BCUT2D eigenvalue weighted by Gasteiger charge is 2.13. The first-order valence-electron chi connectivity index (χ1n) is 8.39. The maximum Gasteiger partial charge on any atom is 0.265 e. The normalized spacial score (nSPS) is 10.5. The second kappa shape index (κ2) is 8.21. The van der Waals surface area contributed by atoms with Crippen LogP contribution in [0.25, 0.3) is 5.69 Å². The zero-order valence-electron chi connectivity index (χ0n) is 14.7. The van der Waals surface area contributed by atoms with Gasteiger partial charge in [0.1, 0.15) is 6.33 Å². The minimum Gasteiger partial charge on any atom is -0.322 e. The molecule has 10 heteroatoms. The maximum atomic E-state index is 12.7. The molecule has 0 radical (unpaired) electrons. The summed E-state index contributed by atoms with van der Waals surface area (Å²) in [7, 11) is 0. The first-order chi connectivity index (χ1) is 14.1. The number of hydrogen-bond acceptors (Lipinski definition) is 6. The number of nitrogens with one attached hydrogen (secondary N) is 2. The molecule has 0 aliphatic rings. The second-order valence-electron chi connectivity index (χ2n) is 5.88. The van der Waals surface area contributed by atoms with Crippen LogP contribution in [0.3, 0.4) is 0 Å². The molecular weight excluding hydrogens is 412 g/mol. The van der Waals surface area contributed by atoms with Crippen LogP contribution in [0.2, 0.25) is 5.02 Å². The molecule has 2 aromatic heterocycles. The van der Waals surface area contributed by atoms with Gasteiger partial charge in [-0.15, -0.1) is 16.4 Å². The van der Waals surface area contributed by atoms with Gasteiger partial charge in [-0.1, -0.05) is 23.7 Å². The molecule has 4 rings (SSSR count). The lowest BCUT2D eigenvalue weighted by atomic mass is 10.1. The van der Waals surface area contributed by atoms with Crippen LogP contribution < -0.4 is 10.6 Å². The number of hydrogen-bond donors (Lipinski definition) is 2. The third kappa shape index (κ3) is 4.31. The predicted molar refractivity (Wildman–Crippen MR) is 111 cm³/mol. The number of tetrazole rings is 1. The van der Waals surface area contributed by atoms with Crippen LogP contribution in [0.1, 0.15) is 20.0 Å². The van der Waals surface area contributed by atoms with E-state index in [4.69, 9.17) is 11.6 Å². The highest BCUT2D eigenvalue weighted by atomic mass is 35.5. The van der Waals surface area contributed by atoms with Crippen molar-refractivity contribution in [1.82, 2.24) is 20.2 Å². The zero-order valence-corrected chi connectivity index (χ0v) is 16.3. The van der Waals surface area contributed by atoms with Gasteiger partial charge in [0.2, 0.25) is 0 Å². The third-order valence-electron chi connectivity index (χ3n) is 3.94. The lowest BCUT2D eigenvalue weighted by molar-refractivity contribution is 0.101. The minimum atomic E-state index is -0.345. The summed E-state index contributed by atoms with van der Waals surface area (Å²) in [5, 5.41) is 18.7. The monoisotopic (exact) mass is 424 g/mol. The van der Waals surface area contributed by atoms with Gasteiger partial charge in [0.25, 0.3) is 11.8 Å². The van der Waals surface area contributed by atoms with E-state index < -0.39 is 0 Å². The molecule has 0 unspecified atom stereocenters. The highest BCUT2D eigenvalue weighted by molar-refractivity contribution is 7.12. The molecule has 0 fully saturated rings. The van der Waals surface area contributed by atoms with Gasteiger partial charge in [-0.05, 0) is 58.3 Å². The fourth-order valence-electron chi connectivity index (χ4n) is 2.56. The lowest BCUT2D eigenvalue weighted by Gasteiger charge is -2.10. The summed E-state index contributed by atoms with van der Waals surface area (Å²) in [5.41, 5.74) is 1.98. The second-order valence-corrected chi connectivity index (χ2v) is 7.24. The minimum absolute atomic E-state index is 0.284. The number of halogens is 1. The Balaban J connectivity index is 1.52. The summed E-state index contributed by atoms with van der Waals surface area (Å²) in [4.78, 5) is 25.5. The number of anilines is 2. The largest absolute Gasteiger partial charge is 0.322 e. The van der Waals surface area contributed by atoms with Gasteiger partial charge in [0.05, 0.1) is 21.3 Å². The van der Waals surface area contributed by atoms with Crippen LogP contribution in [0.15, 0.2) is 66.3 Å². The van der Waals surface area contributed by atoms with Gasteiger partial charge >= 0.3 is 0 Å². The van der Waals surface area contributed by atoms with Gasteiger partial charge in [-0.3, -0.25) is 9.59 Å². The third-order valence-corrected chi connectivity index (χ3v) is 5.14. The number of aromatic nitrogens is 4. The average Bonchev–Trinajstić information content (AvgIpc) is 3.44. The molecule has 2 aromatic carbocycles. The summed E-state index contributed by atoms with van der Waals surface area (Å²) in [6.07, 6.45) is 1.46. The Morgan fingerprint density at radius 1 is 1.00 bits per heavy atom. The van der Waals surface area contributed by atoms with E-state index in [1.54, 1.807) is 42.5 Å². The van der Waals surface area contributed by atoms with E-state index in [1.807, 2.05) is 11.4 Å². The molecule has 0 saturated carbocycles. The van der Waals surface area contributed by atoms with Crippen LogP contribution in [-0.4, -0.2) is 32.0 Å². The Labute approximate surface area is 174 Å². The molecule has 29 heavy (non-hydrogen) atoms. The van der Waals surface area contributed by atoms with Gasteiger partial charge in [0, 0.05) is 11.3 Å². The van der Waals surface area contributed by atoms with Gasteiger partial charge in [-0.2, -0.15) is 0 Å². The van der Waals surface area contributed by atoms with Crippen molar-refractivity contribution in [1.29, 1.82) is 0 Å². The van der Waals surface area contributed by atoms with E-state index in [0.717, 1.165) is 0 Å². The van der Waals surface area contributed by atoms with E-state index in [9.17, 15) is 9.59 Å². The van der Waals surface area contributed by atoms with Crippen molar-refractivity contribution in [2.75, 3.05) is 10.6 Å². The molecule has 144 valence electrons. The standard InChI is InChI=1S/C19H13ClN6O2S/c20-15-7-6-12(9-16(15)23-19(28)17-5-2-8-29-17)18(27)22-13-3-1-4-14(10-13)26-11-21-24-25-26/h1-11H,(H,22,27)(H,23,28). The Hall–Kier alpha value is -3.56. The van der Waals surface area contributed by atoms with Crippen molar-refractivity contribution < 1.29 is 9.59 Å². The van der Waals surface area contributed by atoms with Crippen LogP contribution in [0.5, 0.6) is 0 Å². The van der Waals surface area contributed by atoms with Crippen molar-refractivity contribution in [3.05, 3.63) is 81.8 Å². The summed E-state index contributed by atoms with van der Waals surface area (Å²) >= 11 is 7.50. The Bertz CT molecular complexity index is 1160. The molecule has 0 saturated heterocycles. The predicted octanol–water partition coefficient (Wildman–Crippen LogP) is 3.88. The fraction of sp³-hybridized carbons (Fsp3) is 0. The first kappa shape index (κ1) is 18.8. The van der Waals surface area contributed by atoms with Gasteiger partial charge < -0.3 is 10.6 Å². The molecule has 8 nitrogen and oxygen atoms in total. The highest BCUT2D eigenvalue weighted by Crippen LogP contribution is 2.25. The first-order valence-corrected chi connectivity index (χ1v) is 9.65. The number of amides is 2. The topological polar surface area (TPSA) is 102 Å². The molecule has 0 aliphatic carbocycles. The summed E-state index contributed by atoms with van der Waals surface area (Å²) < 4.78 is 1.48. The molecular formula is C19H13ClN6O2S.